The number of benzene rings is 1. The molecule has 1 aliphatic rings. The van der Waals surface area contributed by atoms with Gasteiger partial charge in [-0.05, 0) is 44.0 Å². The van der Waals surface area contributed by atoms with Crippen LogP contribution in [-0.4, -0.2) is 47.5 Å². The van der Waals surface area contributed by atoms with Gasteiger partial charge >= 0.3 is 0 Å². The Morgan fingerprint density at radius 2 is 2.03 bits per heavy atom. The predicted molar refractivity (Wildman–Crippen MR) is 135 cm³/mol. The number of likely N-dealkylation sites (tertiary alicyclic amines) is 1. The number of aromatic nitrogens is 1. The molecule has 0 unspecified atom stereocenters. The van der Waals surface area contributed by atoms with Crippen LogP contribution >= 0.6 is 11.3 Å². The van der Waals surface area contributed by atoms with Crippen molar-refractivity contribution in [2.24, 2.45) is 0 Å². The lowest BCUT2D eigenvalue weighted by molar-refractivity contribution is -0.115. The number of amides is 1. The number of nitriles is 2. The van der Waals surface area contributed by atoms with Crippen molar-refractivity contribution in [3.8, 4) is 12.1 Å². The predicted octanol–water partition coefficient (Wildman–Crippen LogP) is 1.76. The fraction of sp³-hybridized carbons (Fsp3) is 0.440. The zero-order chi connectivity index (χ0) is 26.1. The number of hydrogen-bond acceptors (Lipinski definition) is 7. The lowest BCUT2D eigenvalue weighted by atomic mass is 10.1. The van der Waals surface area contributed by atoms with Gasteiger partial charge in [0.05, 0.1) is 6.07 Å². The van der Waals surface area contributed by atoms with E-state index in [9.17, 15) is 23.6 Å². The van der Waals surface area contributed by atoms with Crippen molar-refractivity contribution in [1.82, 2.24) is 14.8 Å². The Morgan fingerprint density at radius 3 is 2.69 bits per heavy atom. The summed E-state index contributed by atoms with van der Waals surface area (Å²) in [6, 6.07) is 11.4. The maximum Gasteiger partial charge on any atom is 0.270 e. The van der Waals surface area contributed by atoms with Gasteiger partial charge in [-0.2, -0.15) is 10.5 Å². The molecule has 1 amide bonds. The molecule has 0 bridgehead atoms. The molecule has 8 nitrogen and oxygen atoms in total. The molecular formula is C25H28F2N6O2S. The standard InChI is InChI=1S/C25H28F2N6O2S/c1-2-33-23(35)21(36-24(33)20(16-29)22(34)30-11-10-28)17-31-19-7-3-5-18(15-19)6-4-12-32-13-8-25(26,27)9-14-32/h3,5,7,15,17,31H,2,4,6,8-9,11-14H2,1H3,(H,30,34)/b21-17+,24-20-. The molecule has 0 atom stereocenters. The fourth-order valence-corrected chi connectivity index (χ4v) is 5.06. The molecule has 0 saturated carbocycles. The topological polar surface area (TPSA) is 114 Å². The van der Waals surface area contributed by atoms with Crippen LogP contribution in [0.25, 0.3) is 11.8 Å². The van der Waals surface area contributed by atoms with Crippen LogP contribution in [0.2, 0.25) is 0 Å². The minimum atomic E-state index is -2.53. The van der Waals surface area contributed by atoms with Crippen molar-refractivity contribution in [3.63, 3.8) is 0 Å². The molecular weight excluding hydrogens is 486 g/mol. The van der Waals surface area contributed by atoms with Gasteiger partial charge in [0.25, 0.3) is 17.4 Å². The highest BCUT2D eigenvalue weighted by Crippen LogP contribution is 2.27. The van der Waals surface area contributed by atoms with Crippen LogP contribution in [0.1, 0.15) is 31.7 Å². The number of carbonyl (C=O) groups is 1. The third-order valence-corrected chi connectivity index (χ3v) is 7.06. The van der Waals surface area contributed by atoms with Gasteiger partial charge in [0.2, 0.25) is 0 Å². The fourth-order valence-electron chi connectivity index (χ4n) is 3.97. The summed E-state index contributed by atoms with van der Waals surface area (Å²) in [7, 11) is 0. The smallest absolute Gasteiger partial charge is 0.270 e. The van der Waals surface area contributed by atoms with Crippen molar-refractivity contribution in [1.29, 1.82) is 10.5 Å². The van der Waals surface area contributed by atoms with E-state index in [-0.39, 0.29) is 41.7 Å². The Hall–Kier alpha value is -3.54. The van der Waals surface area contributed by atoms with Gasteiger partial charge < -0.3 is 15.5 Å². The number of carbonyl (C=O) groups excluding carboxylic acids is 1. The van der Waals surface area contributed by atoms with Gasteiger partial charge in [-0.15, -0.1) is 11.3 Å². The van der Waals surface area contributed by atoms with E-state index in [2.05, 4.69) is 15.5 Å². The van der Waals surface area contributed by atoms with Crippen LogP contribution in [0.3, 0.4) is 0 Å². The molecule has 0 spiro atoms. The van der Waals surface area contributed by atoms with E-state index in [0.29, 0.717) is 17.6 Å². The molecule has 0 aliphatic carbocycles. The minimum absolute atomic E-state index is 0.0788. The molecule has 11 heteroatoms. The number of nitrogens with one attached hydrogen (secondary N) is 2. The highest BCUT2D eigenvalue weighted by Gasteiger charge is 2.33. The third-order valence-electron chi connectivity index (χ3n) is 5.93. The largest absolute Gasteiger partial charge is 0.360 e. The van der Waals surface area contributed by atoms with Crippen LogP contribution in [0, 0.1) is 22.7 Å². The quantitative estimate of drug-likeness (QED) is 0.493. The first kappa shape index (κ1) is 27.1. The maximum absolute atomic E-state index is 13.3. The lowest BCUT2D eigenvalue weighted by Crippen LogP contribution is -2.39. The number of alkyl halides is 2. The molecule has 1 fully saturated rings. The summed E-state index contributed by atoms with van der Waals surface area (Å²) in [5.41, 5.74) is 1.32. The number of hydrogen-bond donors (Lipinski definition) is 2. The zero-order valence-electron chi connectivity index (χ0n) is 20.0. The average molecular weight is 515 g/mol. The number of halogens is 2. The SMILES string of the molecule is CCn1c(=O)/c(=C\Nc2cccc(CCCN3CCC(F)(F)CC3)c2)s/c1=C(/C#N)C(=O)NCC#N. The van der Waals surface area contributed by atoms with Crippen molar-refractivity contribution >= 4 is 34.7 Å². The van der Waals surface area contributed by atoms with E-state index in [0.717, 1.165) is 42.0 Å². The van der Waals surface area contributed by atoms with Gasteiger partial charge in [-0.25, -0.2) is 8.78 Å². The van der Waals surface area contributed by atoms with Crippen molar-refractivity contribution in [3.05, 3.63) is 49.4 Å². The van der Waals surface area contributed by atoms with E-state index in [4.69, 9.17) is 5.26 Å². The van der Waals surface area contributed by atoms with Crippen molar-refractivity contribution in [2.75, 3.05) is 31.5 Å². The minimum Gasteiger partial charge on any atom is -0.360 e. The Morgan fingerprint density at radius 1 is 1.28 bits per heavy atom. The Bertz CT molecular complexity index is 1340. The monoisotopic (exact) mass is 514 g/mol. The van der Waals surface area contributed by atoms with E-state index in [1.807, 2.05) is 30.3 Å². The lowest BCUT2D eigenvalue weighted by Gasteiger charge is -2.31. The number of rotatable bonds is 9. The summed E-state index contributed by atoms with van der Waals surface area (Å²) in [6.45, 7) is 3.40. The number of nitrogens with zero attached hydrogens (tertiary/aromatic N) is 4. The molecule has 1 saturated heterocycles. The molecule has 190 valence electrons. The second-order valence-electron chi connectivity index (χ2n) is 8.44. The highest BCUT2D eigenvalue weighted by atomic mass is 32.1. The summed E-state index contributed by atoms with van der Waals surface area (Å²) in [5, 5.41) is 23.6. The first-order valence-corrected chi connectivity index (χ1v) is 12.5. The second kappa shape index (κ2) is 12.4. The van der Waals surface area contributed by atoms with Gasteiger partial charge in [-0.1, -0.05) is 12.1 Å². The molecule has 2 aromatic rings. The number of piperidine rings is 1. The van der Waals surface area contributed by atoms with Gasteiger partial charge in [0.1, 0.15) is 21.8 Å². The van der Waals surface area contributed by atoms with E-state index in [1.54, 1.807) is 19.2 Å². The highest BCUT2D eigenvalue weighted by molar-refractivity contribution is 7.07. The zero-order valence-corrected chi connectivity index (χ0v) is 20.8. The molecule has 36 heavy (non-hydrogen) atoms. The average Bonchev–Trinajstić information content (AvgIpc) is 3.18. The van der Waals surface area contributed by atoms with Gasteiger partial charge in [0.15, 0.2) is 5.57 Å². The number of anilines is 1. The number of aryl methyl sites for hydroxylation is 1. The Kier molecular flexibility index (Phi) is 9.34. The van der Waals surface area contributed by atoms with E-state index in [1.165, 1.54) is 4.57 Å². The van der Waals surface area contributed by atoms with E-state index >= 15 is 0 Å². The van der Waals surface area contributed by atoms with Crippen molar-refractivity contribution in [2.45, 2.75) is 45.1 Å². The van der Waals surface area contributed by atoms with Gasteiger partial charge in [0, 0.05) is 44.4 Å². The summed E-state index contributed by atoms with van der Waals surface area (Å²) >= 11 is 1.03. The van der Waals surface area contributed by atoms with E-state index < -0.39 is 11.8 Å². The molecule has 1 aliphatic heterocycles. The molecule has 3 rings (SSSR count). The Balaban J connectivity index is 1.72. The van der Waals surface area contributed by atoms with Crippen LogP contribution in [0.4, 0.5) is 14.5 Å². The summed E-state index contributed by atoms with van der Waals surface area (Å²) in [5.74, 6) is -3.23. The normalized spacial score (nSPS) is 16.6. The van der Waals surface area contributed by atoms with Crippen LogP contribution < -0.4 is 25.4 Å². The summed E-state index contributed by atoms with van der Waals surface area (Å²) in [6.07, 6.45) is 3.05. The summed E-state index contributed by atoms with van der Waals surface area (Å²) < 4.78 is 28.5. The van der Waals surface area contributed by atoms with Crippen LogP contribution in [-0.2, 0) is 17.8 Å². The maximum atomic E-state index is 13.3. The first-order chi connectivity index (χ1) is 17.3. The second-order valence-corrected chi connectivity index (χ2v) is 9.47. The molecule has 2 heterocycles. The Labute approximate surface area is 211 Å². The first-order valence-electron chi connectivity index (χ1n) is 11.7. The molecule has 2 N–H and O–H groups in total. The molecule has 1 aromatic heterocycles. The van der Waals surface area contributed by atoms with Crippen LogP contribution in [0.5, 0.6) is 0 Å². The summed E-state index contributed by atoms with van der Waals surface area (Å²) in [4.78, 5) is 27.2. The van der Waals surface area contributed by atoms with Crippen LogP contribution in [0.15, 0.2) is 29.1 Å². The van der Waals surface area contributed by atoms with Crippen molar-refractivity contribution < 1.29 is 13.6 Å². The number of thiazole rings is 1. The molecule has 1 aromatic carbocycles. The third kappa shape index (κ3) is 7.00. The van der Waals surface area contributed by atoms with Gasteiger partial charge in [-0.3, -0.25) is 14.2 Å². The molecule has 0 radical (unpaired) electrons.